The molecule has 4 nitrogen and oxygen atoms in total. The lowest BCUT2D eigenvalue weighted by molar-refractivity contribution is 0.149. The molecular weight excluding hydrogens is 226 g/mol. The van der Waals surface area contributed by atoms with E-state index in [9.17, 15) is 8.42 Å². The molecule has 0 aliphatic rings. The average Bonchev–Trinajstić information content (AvgIpc) is 2.25. The van der Waals surface area contributed by atoms with E-state index in [0.29, 0.717) is 6.61 Å². The van der Waals surface area contributed by atoms with E-state index in [0.717, 1.165) is 6.42 Å². The predicted molar refractivity (Wildman–Crippen MR) is 64.0 cm³/mol. The van der Waals surface area contributed by atoms with Crippen molar-refractivity contribution in [3.05, 3.63) is 24.3 Å². The summed E-state index contributed by atoms with van der Waals surface area (Å²) in [4.78, 5) is 0.190. The number of hydrogen-bond donors (Lipinski definition) is 1. The van der Waals surface area contributed by atoms with E-state index in [-0.39, 0.29) is 22.9 Å². The molecule has 0 heterocycles. The number of nitrogens with two attached hydrogens (primary N) is 1. The summed E-state index contributed by atoms with van der Waals surface area (Å²) in [6.45, 7) is 2.77. The maximum absolute atomic E-state index is 11.9. The van der Waals surface area contributed by atoms with Gasteiger partial charge in [0.15, 0.2) is 9.84 Å². The van der Waals surface area contributed by atoms with Gasteiger partial charge >= 0.3 is 0 Å². The summed E-state index contributed by atoms with van der Waals surface area (Å²) in [6, 6.07) is 6.47. The average molecular weight is 243 g/mol. The Morgan fingerprint density at radius 3 is 2.56 bits per heavy atom. The number of hydrogen-bond acceptors (Lipinski definition) is 4. The molecule has 5 heteroatoms. The van der Waals surface area contributed by atoms with E-state index in [2.05, 4.69) is 0 Å². The van der Waals surface area contributed by atoms with Gasteiger partial charge in [0, 0.05) is 6.61 Å². The SMILES string of the molecule is CCCOCCS(=O)(=O)c1ccccc1N. The van der Waals surface area contributed by atoms with E-state index >= 15 is 0 Å². The Kier molecular flexibility index (Phi) is 4.76. The number of rotatable bonds is 6. The maximum Gasteiger partial charge on any atom is 0.182 e. The third-order valence-corrected chi connectivity index (χ3v) is 3.84. The molecule has 1 aromatic rings. The minimum absolute atomic E-state index is 0.0266. The second kappa shape index (κ2) is 5.86. The molecule has 16 heavy (non-hydrogen) atoms. The van der Waals surface area contributed by atoms with Gasteiger partial charge in [-0.2, -0.15) is 0 Å². The molecule has 0 amide bonds. The van der Waals surface area contributed by atoms with Gasteiger partial charge in [0.2, 0.25) is 0 Å². The third kappa shape index (κ3) is 3.50. The first-order valence-corrected chi connectivity index (χ1v) is 6.88. The number of ether oxygens (including phenoxy) is 1. The molecule has 0 spiro atoms. The fourth-order valence-corrected chi connectivity index (χ4v) is 2.56. The summed E-state index contributed by atoms with van der Waals surface area (Å²) in [6.07, 6.45) is 0.882. The summed E-state index contributed by atoms with van der Waals surface area (Å²) >= 11 is 0. The normalized spacial score (nSPS) is 11.6. The largest absolute Gasteiger partial charge is 0.398 e. The van der Waals surface area contributed by atoms with E-state index in [1.54, 1.807) is 18.2 Å². The van der Waals surface area contributed by atoms with Crippen LogP contribution in [0.15, 0.2) is 29.2 Å². The number of benzene rings is 1. The molecule has 0 aliphatic carbocycles. The Morgan fingerprint density at radius 2 is 1.94 bits per heavy atom. The van der Waals surface area contributed by atoms with Gasteiger partial charge in [0.25, 0.3) is 0 Å². The summed E-state index contributed by atoms with van der Waals surface area (Å²) in [5.74, 6) is -0.0266. The number of anilines is 1. The van der Waals surface area contributed by atoms with Crippen molar-refractivity contribution >= 4 is 15.5 Å². The molecule has 0 aromatic heterocycles. The zero-order valence-electron chi connectivity index (χ0n) is 9.35. The van der Waals surface area contributed by atoms with Crippen molar-refractivity contribution in [3.63, 3.8) is 0 Å². The van der Waals surface area contributed by atoms with Crippen molar-refractivity contribution in [3.8, 4) is 0 Å². The lowest BCUT2D eigenvalue weighted by Gasteiger charge is -2.07. The zero-order valence-corrected chi connectivity index (χ0v) is 10.2. The molecule has 0 atom stereocenters. The second-order valence-corrected chi connectivity index (χ2v) is 5.55. The van der Waals surface area contributed by atoms with Crippen LogP contribution in [-0.2, 0) is 14.6 Å². The van der Waals surface area contributed by atoms with Gasteiger partial charge in [-0.05, 0) is 18.6 Å². The minimum Gasteiger partial charge on any atom is -0.398 e. The Labute approximate surface area is 96.3 Å². The van der Waals surface area contributed by atoms with Crippen molar-refractivity contribution in [2.75, 3.05) is 24.7 Å². The van der Waals surface area contributed by atoms with Crippen LogP contribution in [0, 0.1) is 0 Å². The highest BCUT2D eigenvalue weighted by molar-refractivity contribution is 7.91. The zero-order chi connectivity index (χ0) is 12.0. The Morgan fingerprint density at radius 1 is 1.25 bits per heavy atom. The van der Waals surface area contributed by atoms with Crippen LogP contribution in [0.1, 0.15) is 13.3 Å². The summed E-state index contributed by atoms with van der Waals surface area (Å²) in [5, 5.41) is 0. The van der Waals surface area contributed by atoms with E-state index < -0.39 is 9.84 Å². The van der Waals surface area contributed by atoms with E-state index in [4.69, 9.17) is 10.5 Å². The molecule has 0 unspecified atom stereocenters. The Bertz CT molecular complexity index is 429. The van der Waals surface area contributed by atoms with Gasteiger partial charge in [-0.15, -0.1) is 0 Å². The molecule has 0 bridgehead atoms. The van der Waals surface area contributed by atoms with Crippen LogP contribution in [0.3, 0.4) is 0 Å². The second-order valence-electron chi connectivity index (χ2n) is 3.47. The van der Waals surface area contributed by atoms with Crippen LogP contribution in [-0.4, -0.2) is 27.4 Å². The molecule has 0 saturated carbocycles. The van der Waals surface area contributed by atoms with Gasteiger partial charge in [0.1, 0.15) is 0 Å². The summed E-state index contributed by atoms with van der Waals surface area (Å²) in [7, 11) is -3.32. The first-order chi connectivity index (χ1) is 7.58. The first-order valence-electron chi connectivity index (χ1n) is 5.23. The van der Waals surface area contributed by atoms with Crippen molar-refractivity contribution in [1.29, 1.82) is 0 Å². The highest BCUT2D eigenvalue weighted by Crippen LogP contribution is 2.18. The van der Waals surface area contributed by atoms with E-state index in [1.165, 1.54) is 6.07 Å². The van der Waals surface area contributed by atoms with Crippen molar-refractivity contribution in [2.45, 2.75) is 18.2 Å². The highest BCUT2D eigenvalue weighted by atomic mass is 32.2. The van der Waals surface area contributed by atoms with Crippen LogP contribution >= 0.6 is 0 Å². The van der Waals surface area contributed by atoms with Gasteiger partial charge in [-0.1, -0.05) is 19.1 Å². The van der Waals surface area contributed by atoms with Gasteiger partial charge in [-0.3, -0.25) is 0 Å². The van der Waals surface area contributed by atoms with Gasteiger partial charge in [0.05, 0.1) is 22.9 Å². The molecule has 0 aliphatic heterocycles. The fraction of sp³-hybridized carbons (Fsp3) is 0.455. The van der Waals surface area contributed by atoms with Crippen molar-refractivity contribution in [2.24, 2.45) is 0 Å². The molecule has 0 saturated heterocycles. The van der Waals surface area contributed by atoms with Crippen LogP contribution in [0.25, 0.3) is 0 Å². The van der Waals surface area contributed by atoms with Crippen LogP contribution in [0.2, 0.25) is 0 Å². The minimum atomic E-state index is -3.32. The summed E-state index contributed by atoms with van der Waals surface area (Å²) in [5.41, 5.74) is 5.91. The highest BCUT2D eigenvalue weighted by Gasteiger charge is 2.16. The molecule has 0 fully saturated rings. The molecule has 2 N–H and O–H groups in total. The Balaban J connectivity index is 2.68. The molecule has 0 radical (unpaired) electrons. The monoisotopic (exact) mass is 243 g/mol. The maximum atomic E-state index is 11.9. The van der Waals surface area contributed by atoms with Crippen LogP contribution < -0.4 is 5.73 Å². The molecular formula is C11H17NO3S. The first kappa shape index (κ1) is 13.0. The van der Waals surface area contributed by atoms with Gasteiger partial charge < -0.3 is 10.5 Å². The third-order valence-electron chi connectivity index (χ3n) is 2.10. The number of sulfone groups is 1. The lowest BCUT2D eigenvalue weighted by atomic mass is 10.3. The molecule has 90 valence electrons. The predicted octanol–water partition coefficient (Wildman–Crippen LogP) is 1.47. The fourth-order valence-electron chi connectivity index (χ4n) is 1.29. The smallest absolute Gasteiger partial charge is 0.182 e. The Hall–Kier alpha value is -1.07. The van der Waals surface area contributed by atoms with Crippen LogP contribution in [0.5, 0.6) is 0 Å². The van der Waals surface area contributed by atoms with Gasteiger partial charge in [-0.25, -0.2) is 8.42 Å². The lowest BCUT2D eigenvalue weighted by Crippen LogP contribution is -2.14. The number of nitrogen functional groups attached to an aromatic ring is 1. The topological polar surface area (TPSA) is 69.4 Å². The van der Waals surface area contributed by atoms with Crippen LogP contribution in [0.4, 0.5) is 5.69 Å². The number of para-hydroxylation sites is 1. The van der Waals surface area contributed by atoms with Crippen molar-refractivity contribution < 1.29 is 13.2 Å². The quantitative estimate of drug-likeness (QED) is 0.606. The summed E-state index contributed by atoms with van der Waals surface area (Å²) < 4.78 is 28.9. The molecule has 1 rings (SSSR count). The van der Waals surface area contributed by atoms with E-state index in [1.807, 2.05) is 6.92 Å². The molecule has 1 aromatic carbocycles. The van der Waals surface area contributed by atoms with Crippen molar-refractivity contribution in [1.82, 2.24) is 0 Å². The standard InChI is InChI=1S/C11H17NO3S/c1-2-7-15-8-9-16(13,14)11-6-4-3-5-10(11)12/h3-6H,2,7-9,12H2,1H3.